The fourth-order valence-corrected chi connectivity index (χ4v) is 20.3. The largest absolute Gasteiger partial charge is 0.494 e. The molecule has 2 heterocycles. The first-order chi connectivity index (χ1) is 58.8. The number of allylic oxidation sites excluding steroid dienone is 1. The highest BCUT2D eigenvalue weighted by Crippen LogP contribution is 2.41. The number of ether oxygens (including phenoxy) is 2. The number of amides is 2. The number of likely N-dealkylation sites (tertiary alicyclic amines) is 2. The van der Waals surface area contributed by atoms with Gasteiger partial charge in [-0.3, -0.25) is 23.8 Å². The molecule has 13 aromatic rings. The molecule has 123 heavy (non-hydrogen) atoms. The predicted octanol–water partition coefficient (Wildman–Crippen LogP) is 20.8. The molecule has 29 heteroatoms. The van der Waals surface area contributed by atoms with E-state index >= 15 is 0 Å². The Bertz CT molecular complexity index is 6760. The third-order valence-corrected chi connectivity index (χ3v) is 27.1. The summed E-state index contributed by atoms with van der Waals surface area (Å²) in [6.45, 7) is 4.80. The minimum atomic E-state index is -4.37. The van der Waals surface area contributed by atoms with E-state index in [2.05, 4.69) is 9.44 Å². The van der Waals surface area contributed by atoms with Gasteiger partial charge in [0.2, 0.25) is 0 Å². The molecule has 0 aromatic heterocycles. The first-order valence-electron chi connectivity index (χ1n) is 38.2. The van der Waals surface area contributed by atoms with Crippen molar-refractivity contribution in [1.29, 1.82) is 0 Å². The van der Waals surface area contributed by atoms with E-state index in [1.165, 1.54) is 73.5 Å². The molecule has 0 bridgehead atoms. The summed E-state index contributed by atoms with van der Waals surface area (Å²) in [6.07, 6.45) is 6.08. The lowest BCUT2D eigenvalue weighted by Gasteiger charge is -2.31. The minimum Gasteiger partial charge on any atom is -0.494 e. The van der Waals surface area contributed by atoms with Crippen LogP contribution in [-0.4, -0.2) is 101 Å². The number of carbonyl (C=O) groups is 3. The van der Waals surface area contributed by atoms with Crippen molar-refractivity contribution >= 4 is 109 Å². The lowest BCUT2D eigenvalue weighted by Crippen LogP contribution is -2.42. The van der Waals surface area contributed by atoms with Crippen molar-refractivity contribution in [3.63, 3.8) is 0 Å². The molecule has 1 aliphatic carbocycles. The summed E-state index contributed by atoms with van der Waals surface area (Å²) in [7, 11) is -15.2. The number of Topliss-reactive ketones (excluding diaryl/α,β-unsaturated/α-hetero) is 1. The molecule has 0 radical (unpaired) electrons. The van der Waals surface area contributed by atoms with Crippen LogP contribution in [0.15, 0.2) is 287 Å². The molecular formula is C94H76Cl2F6N4O13S4. The van der Waals surface area contributed by atoms with Crippen molar-refractivity contribution in [3.8, 4) is 56.0 Å². The molecule has 2 N–H and O–H groups in total. The van der Waals surface area contributed by atoms with Gasteiger partial charge in [0.25, 0.3) is 31.9 Å². The Morgan fingerprint density at radius 1 is 0.423 bits per heavy atom. The van der Waals surface area contributed by atoms with Crippen LogP contribution in [0.2, 0.25) is 10.0 Å². The van der Waals surface area contributed by atoms with E-state index in [1.54, 1.807) is 109 Å². The molecule has 16 rings (SSSR count). The average Bonchev–Trinajstić information content (AvgIpc) is 1.65. The van der Waals surface area contributed by atoms with Gasteiger partial charge in [-0.1, -0.05) is 211 Å². The smallest absolute Gasteiger partial charge is 0.265 e. The number of benzene rings is 13. The molecule has 2 aliphatic heterocycles. The van der Waals surface area contributed by atoms with Gasteiger partial charge in [-0.2, -0.15) is 0 Å². The van der Waals surface area contributed by atoms with Crippen LogP contribution >= 0.6 is 23.2 Å². The minimum absolute atomic E-state index is 0.0259. The van der Waals surface area contributed by atoms with E-state index in [-0.39, 0.29) is 92.7 Å². The number of sulfonamides is 2. The molecule has 0 atom stereocenters. The maximum absolute atomic E-state index is 14.8. The zero-order valence-electron chi connectivity index (χ0n) is 65.9. The molecule has 0 unspecified atom stereocenters. The topological polar surface area (TPSA) is 237 Å². The maximum Gasteiger partial charge on any atom is 0.265 e. The monoisotopic (exact) mass is 1780 g/mol. The Labute approximate surface area is 717 Å². The van der Waals surface area contributed by atoms with Crippen molar-refractivity contribution in [3.05, 3.63) is 351 Å². The second-order valence-electron chi connectivity index (χ2n) is 28.8. The number of methoxy groups -OCH3 is 1. The quantitative estimate of drug-likeness (QED) is 0.0601. The first-order valence-corrected chi connectivity index (χ1v) is 45.3. The summed E-state index contributed by atoms with van der Waals surface area (Å²) >= 11 is 12.5. The van der Waals surface area contributed by atoms with Crippen LogP contribution in [0.25, 0.3) is 61.4 Å². The number of anilines is 2. The Morgan fingerprint density at radius 2 is 0.878 bits per heavy atom. The van der Waals surface area contributed by atoms with Gasteiger partial charge in [0.05, 0.1) is 49.8 Å². The Balaban J connectivity index is 0.000000142. The van der Waals surface area contributed by atoms with Gasteiger partial charge >= 0.3 is 0 Å². The van der Waals surface area contributed by atoms with E-state index < -0.39 is 104 Å². The number of nitrogens with zero attached hydrogens (tertiary/aromatic N) is 2. The fourth-order valence-electron chi connectivity index (χ4n) is 13.9. The van der Waals surface area contributed by atoms with Crippen LogP contribution in [0.4, 0.5) is 37.7 Å². The van der Waals surface area contributed by atoms with Crippen molar-refractivity contribution in [2.45, 2.75) is 64.2 Å². The third-order valence-electron chi connectivity index (χ3n) is 20.3. The van der Waals surface area contributed by atoms with Crippen LogP contribution in [0.5, 0.6) is 11.5 Å². The lowest BCUT2D eigenvalue weighted by atomic mass is 10.00. The number of hydrogen-bond donors (Lipinski definition) is 2. The molecule has 13 aromatic carbocycles. The number of sulfone groups is 2. The Hall–Kier alpha value is -12.4. The molecule has 0 saturated carbocycles. The first kappa shape index (κ1) is 88.4. The maximum atomic E-state index is 14.8. The van der Waals surface area contributed by atoms with Crippen LogP contribution < -0.4 is 18.9 Å². The average molecular weight is 1780 g/mol. The van der Waals surface area contributed by atoms with E-state index in [4.69, 9.17) is 32.7 Å². The molecule has 2 amide bonds. The summed E-state index contributed by atoms with van der Waals surface area (Å²) in [5.41, 5.74) is 6.14. The third kappa shape index (κ3) is 20.5. The second kappa shape index (κ2) is 38.0. The van der Waals surface area contributed by atoms with Crippen molar-refractivity contribution < 1.29 is 83.9 Å². The van der Waals surface area contributed by atoms with E-state index in [0.717, 1.165) is 64.2 Å². The number of halogens is 8. The predicted molar refractivity (Wildman–Crippen MR) is 465 cm³/mol. The molecular weight excluding hydrogens is 1710 g/mol. The van der Waals surface area contributed by atoms with Gasteiger partial charge in [-0.05, 0) is 161 Å². The molecule has 2 fully saturated rings. The SMILES string of the molecule is CC(=O)COc1c(Cl)cc(C(=O)N2CCC2)cc1S(=O)(=O)Cc1cc(-c2ccccc2)c(F)cc1F.COc1c(Cl)cc(C(=O)N2CCC2)cc1S(=O)(=O)Nc1cc(-c2ccccc2)c(C)cc1F.O=S(=O)(Cc1cc(-c2ccccc2)c(F)cc1F)c1cccc2ccccc12.O=S(=O)(Nc1cc(-c2ccccc2)ccc1F)c1cccc2c1CC=C2. The highest BCUT2D eigenvalue weighted by Gasteiger charge is 2.33. The number of hydrogen-bond acceptors (Lipinski definition) is 13. The number of ketones is 1. The van der Waals surface area contributed by atoms with E-state index in [0.29, 0.717) is 66.3 Å². The number of nitrogens with one attached hydrogen (secondary N) is 2. The van der Waals surface area contributed by atoms with Gasteiger partial charge < -0.3 is 19.3 Å². The standard InChI is InChI=1S/C26H22ClF2NO5S.C24H22ClFN2O4S.C23H16F2O2S.C21H16FNO2S/c1-16(31)14-35-25-21(27)11-18(26(32)30-8-5-9-30)12-24(25)36(33,34)15-19-10-20(23(29)13-22(19)28)17-6-3-2-4-7-17;1-15-11-20(26)21(14-18(15)16-7-4-3-5-8-16)27-33(30,31)22-13-17(12-19(25)23(22)32-2)24(29)28-9-6-10-28;24-21-14-22(25)20(17-7-2-1-3-8-17)13-18(21)15-28(26,27)23-12-6-10-16-9-4-5-11-19(16)23;22-19-13-12-17(15-6-2-1-3-7-15)14-20(19)23-26(24,25)21-11-5-9-16-8-4-10-18(16)21/h2-4,6-7,10-13H,5,8-9,14-15H2,1H3;3-5,7-8,11-14,27H,6,9-10H2,1-2H3;1-14H,15H2;1-9,11-14,23H,10H2. The van der Waals surface area contributed by atoms with Crippen LogP contribution in [0, 0.1) is 41.8 Å². The Morgan fingerprint density at radius 3 is 1.40 bits per heavy atom. The Kier molecular flexibility index (Phi) is 27.3. The lowest BCUT2D eigenvalue weighted by molar-refractivity contribution is -0.119. The summed E-state index contributed by atoms with van der Waals surface area (Å²) < 4.78 is 208. The van der Waals surface area contributed by atoms with Gasteiger partial charge in [0.1, 0.15) is 51.3 Å². The number of carbonyl (C=O) groups excluding carboxylic acids is 3. The summed E-state index contributed by atoms with van der Waals surface area (Å²) in [6, 6.07) is 68.8. The van der Waals surface area contributed by atoms with Crippen LogP contribution in [-0.2, 0) is 62.4 Å². The number of aryl methyl sites for hydroxylation is 1. The van der Waals surface area contributed by atoms with Crippen LogP contribution in [0.3, 0.4) is 0 Å². The fraction of sp³-hybridized carbons (Fsp3) is 0.138. The van der Waals surface area contributed by atoms with Gasteiger partial charge in [0.15, 0.2) is 37.0 Å². The van der Waals surface area contributed by atoms with Crippen molar-refractivity contribution in [1.82, 2.24) is 9.80 Å². The zero-order valence-corrected chi connectivity index (χ0v) is 70.7. The van der Waals surface area contributed by atoms with Crippen molar-refractivity contribution in [2.75, 3.05) is 49.3 Å². The number of rotatable bonds is 22. The number of fused-ring (bicyclic) bond motifs is 2. The summed E-state index contributed by atoms with van der Waals surface area (Å²) in [5.74, 6) is -7.77. The normalized spacial score (nSPS) is 12.8. The van der Waals surface area contributed by atoms with E-state index in [9.17, 15) is 74.4 Å². The summed E-state index contributed by atoms with van der Waals surface area (Å²) in [4.78, 5) is 39.5. The molecule has 17 nitrogen and oxygen atoms in total. The zero-order chi connectivity index (χ0) is 87.7. The molecule has 2 saturated heterocycles. The van der Waals surface area contributed by atoms with Gasteiger partial charge in [-0.15, -0.1) is 0 Å². The molecule has 0 spiro atoms. The van der Waals surface area contributed by atoms with Gasteiger partial charge in [0, 0.05) is 77.1 Å². The molecule has 630 valence electrons. The van der Waals surface area contributed by atoms with Gasteiger partial charge in [-0.25, -0.2) is 60.0 Å². The molecule has 3 aliphatic rings. The highest BCUT2D eigenvalue weighted by molar-refractivity contribution is 7.93. The summed E-state index contributed by atoms with van der Waals surface area (Å²) in [5, 5.41) is 1.16. The highest BCUT2D eigenvalue weighted by atomic mass is 35.5. The van der Waals surface area contributed by atoms with Crippen LogP contribution in [0.1, 0.15) is 68.3 Å². The van der Waals surface area contributed by atoms with E-state index in [1.807, 2.05) is 97.1 Å². The second-order valence-corrected chi connectivity index (χ2v) is 36.9. The van der Waals surface area contributed by atoms with Crippen molar-refractivity contribution in [2.24, 2.45) is 0 Å².